The first-order valence-corrected chi connectivity index (χ1v) is 9.45. The number of rotatable bonds is 4. The van der Waals surface area contributed by atoms with Crippen LogP contribution >= 0.6 is 0 Å². The summed E-state index contributed by atoms with van der Waals surface area (Å²) in [7, 11) is 0.0170. The van der Waals surface area contributed by atoms with Crippen LogP contribution in [0.1, 0.15) is 25.7 Å². The Balaban J connectivity index is 1.93. The van der Waals surface area contributed by atoms with E-state index >= 15 is 0 Å². The first-order chi connectivity index (χ1) is 10.2. The molecule has 0 saturated carbocycles. The van der Waals surface area contributed by atoms with Gasteiger partial charge in [0.2, 0.25) is 21.8 Å². The van der Waals surface area contributed by atoms with Crippen molar-refractivity contribution < 1.29 is 18.0 Å². The van der Waals surface area contributed by atoms with Gasteiger partial charge in [-0.15, -0.1) is 0 Å². The molecule has 0 aliphatic carbocycles. The lowest BCUT2D eigenvalue weighted by atomic mass is 9.78. The maximum atomic E-state index is 12.4. The smallest absolute Gasteiger partial charge is 0.230 e. The van der Waals surface area contributed by atoms with Crippen molar-refractivity contribution in [1.29, 1.82) is 0 Å². The molecule has 22 heavy (non-hydrogen) atoms. The Morgan fingerprint density at radius 1 is 1.32 bits per heavy atom. The second kappa shape index (κ2) is 6.16. The van der Waals surface area contributed by atoms with Gasteiger partial charge in [-0.3, -0.25) is 9.59 Å². The first kappa shape index (κ1) is 17.2. The van der Waals surface area contributed by atoms with Crippen molar-refractivity contribution in [2.75, 3.05) is 46.5 Å². The molecule has 2 aliphatic heterocycles. The molecular weight excluding hydrogens is 306 g/mol. The number of nitrogens with zero attached hydrogens (tertiary/aromatic N) is 3. The molecular formula is C14H25N3O4S. The largest absolute Gasteiger partial charge is 0.345 e. The van der Waals surface area contributed by atoms with Crippen LogP contribution in [0.15, 0.2) is 0 Å². The highest BCUT2D eigenvalue weighted by molar-refractivity contribution is 7.88. The van der Waals surface area contributed by atoms with Gasteiger partial charge in [0.1, 0.15) is 0 Å². The minimum absolute atomic E-state index is 0.0756. The van der Waals surface area contributed by atoms with Crippen LogP contribution in [0.4, 0.5) is 0 Å². The molecule has 0 bridgehead atoms. The zero-order valence-electron chi connectivity index (χ0n) is 13.5. The predicted molar refractivity (Wildman–Crippen MR) is 82.6 cm³/mol. The molecule has 2 aliphatic rings. The molecule has 0 unspecified atom stereocenters. The Morgan fingerprint density at radius 2 is 2.00 bits per heavy atom. The van der Waals surface area contributed by atoms with E-state index in [1.807, 2.05) is 7.05 Å². The highest BCUT2D eigenvalue weighted by Gasteiger charge is 2.48. The fourth-order valence-electron chi connectivity index (χ4n) is 3.31. The first-order valence-electron chi connectivity index (χ1n) is 7.60. The molecule has 2 rings (SSSR count). The number of amides is 2. The second-order valence-electron chi connectivity index (χ2n) is 6.51. The average molecular weight is 331 g/mol. The van der Waals surface area contributed by atoms with Crippen molar-refractivity contribution in [2.24, 2.45) is 5.41 Å². The summed E-state index contributed by atoms with van der Waals surface area (Å²) in [4.78, 5) is 28.2. The Bertz CT molecular complexity index is 562. The topological polar surface area (TPSA) is 78.0 Å². The Labute approximate surface area is 132 Å². The van der Waals surface area contributed by atoms with Crippen LogP contribution in [-0.2, 0) is 19.6 Å². The quantitative estimate of drug-likeness (QED) is 0.711. The number of hydrogen-bond acceptors (Lipinski definition) is 4. The van der Waals surface area contributed by atoms with Crippen LogP contribution in [0.5, 0.6) is 0 Å². The van der Waals surface area contributed by atoms with Gasteiger partial charge in [0, 0.05) is 46.7 Å². The van der Waals surface area contributed by atoms with Gasteiger partial charge in [-0.1, -0.05) is 0 Å². The van der Waals surface area contributed by atoms with Crippen molar-refractivity contribution in [1.82, 2.24) is 14.1 Å². The third-order valence-electron chi connectivity index (χ3n) is 4.86. The molecule has 0 N–H and O–H groups in total. The van der Waals surface area contributed by atoms with E-state index in [0.29, 0.717) is 19.5 Å². The van der Waals surface area contributed by atoms with E-state index in [-0.39, 0.29) is 24.8 Å². The number of sulfonamides is 1. The van der Waals surface area contributed by atoms with Gasteiger partial charge < -0.3 is 9.80 Å². The summed E-state index contributed by atoms with van der Waals surface area (Å²) in [6.45, 7) is 2.02. The van der Waals surface area contributed by atoms with Crippen molar-refractivity contribution in [2.45, 2.75) is 25.7 Å². The van der Waals surface area contributed by atoms with Crippen LogP contribution in [0.2, 0.25) is 0 Å². The lowest BCUT2D eigenvalue weighted by Gasteiger charge is -2.37. The summed E-state index contributed by atoms with van der Waals surface area (Å²) in [6, 6.07) is 0. The van der Waals surface area contributed by atoms with Crippen LogP contribution in [0.3, 0.4) is 0 Å². The number of hydrogen-bond donors (Lipinski definition) is 0. The number of carbonyl (C=O) groups is 2. The molecule has 7 nitrogen and oxygen atoms in total. The van der Waals surface area contributed by atoms with Gasteiger partial charge in [-0.05, 0) is 19.3 Å². The van der Waals surface area contributed by atoms with Gasteiger partial charge in [-0.2, -0.15) is 0 Å². The second-order valence-corrected chi connectivity index (χ2v) is 8.60. The number of likely N-dealkylation sites (tertiary alicyclic amines) is 2. The molecule has 2 amide bonds. The Hall–Kier alpha value is -1.15. The van der Waals surface area contributed by atoms with E-state index in [1.54, 1.807) is 9.80 Å². The summed E-state index contributed by atoms with van der Waals surface area (Å²) in [5, 5.41) is 0. The highest BCUT2D eigenvalue weighted by atomic mass is 32.2. The van der Waals surface area contributed by atoms with Gasteiger partial charge in [-0.25, -0.2) is 12.7 Å². The number of carbonyl (C=O) groups excluding carboxylic acids is 2. The summed E-state index contributed by atoms with van der Waals surface area (Å²) in [6.07, 6.45) is 3.80. The normalized spacial score (nSPS) is 26.3. The van der Waals surface area contributed by atoms with E-state index in [0.717, 1.165) is 25.6 Å². The predicted octanol–water partition coefficient (Wildman–Crippen LogP) is -0.261. The van der Waals surface area contributed by atoms with Gasteiger partial charge in [0.05, 0.1) is 11.7 Å². The molecule has 126 valence electrons. The molecule has 8 heteroatoms. The van der Waals surface area contributed by atoms with Crippen LogP contribution in [0.25, 0.3) is 0 Å². The molecule has 0 aromatic carbocycles. The SMILES string of the molecule is CN1CCC[C@]2(CCN(C(=O)CCN(C)S(C)(=O)=O)C2)C1=O. The fourth-order valence-corrected chi connectivity index (χ4v) is 3.73. The average Bonchev–Trinajstić information content (AvgIpc) is 2.86. The van der Waals surface area contributed by atoms with E-state index < -0.39 is 15.4 Å². The van der Waals surface area contributed by atoms with Gasteiger partial charge in [0.15, 0.2) is 0 Å². The third kappa shape index (κ3) is 3.43. The van der Waals surface area contributed by atoms with E-state index in [4.69, 9.17) is 0 Å². The third-order valence-corrected chi connectivity index (χ3v) is 6.18. The Kier molecular flexibility index (Phi) is 4.81. The van der Waals surface area contributed by atoms with E-state index in [1.165, 1.54) is 11.4 Å². The van der Waals surface area contributed by atoms with Crippen molar-refractivity contribution in [3.05, 3.63) is 0 Å². The minimum Gasteiger partial charge on any atom is -0.345 e. The van der Waals surface area contributed by atoms with Gasteiger partial charge >= 0.3 is 0 Å². The summed E-state index contributed by atoms with van der Waals surface area (Å²) in [5.74, 6) is 0.0655. The maximum absolute atomic E-state index is 12.4. The van der Waals surface area contributed by atoms with Gasteiger partial charge in [0.25, 0.3) is 0 Å². The molecule has 0 aromatic heterocycles. The lowest BCUT2D eigenvalue weighted by molar-refractivity contribution is -0.144. The monoisotopic (exact) mass is 331 g/mol. The van der Waals surface area contributed by atoms with Crippen LogP contribution in [0, 0.1) is 5.41 Å². The standard InChI is InChI=1S/C14H25N3O4S/c1-15-8-4-6-14(13(15)19)7-10-17(11-14)12(18)5-9-16(2)22(3,20)21/h4-11H2,1-3H3/t14-/m1/s1. The molecule has 2 saturated heterocycles. The minimum atomic E-state index is -3.26. The molecule has 2 heterocycles. The van der Waals surface area contributed by atoms with Crippen molar-refractivity contribution >= 4 is 21.8 Å². The molecule has 2 fully saturated rings. The van der Waals surface area contributed by atoms with Crippen molar-refractivity contribution in [3.63, 3.8) is 0 Å². The summed E-state index contributed by atoms with van der Waals surface area (Å²) < 4.78 is 23.9. The Morgan fingerprint density at radius 3 is 2.64 bits per heavy atom. The lowest BCUT2D eigenvalue weighted by Crippen LogP contribution is -2.48. The zero-order chi connectivity index (χ0) is 16.5. The highest BCUT2D eigenvalue weighted by Crippen LogP contribution is 2.39. The molecule has 0 radical (unpaired) electrons. The maximum Gasteiger partial charge on any atom is 0.230 e. The van der Waals surface area contributed by atoms with E-state index in [9.17, 15) is 18.0 Å². The summed E-state index contributed by atoms with van der Waals surface area (Å²) in [5.41, 5.74) is -0.411. The van der Waals surface area contributed by atoms with Crippen LogP contribution in [-0.4, -0.2) is 80.9 Å². The zero-order valence-corrected chi connectivity index (χ0v) is 14.4. The molecule has 1 spiro atoms. The molecule has 0 aromatic rings. The van der Waals surface area contributed by atoms with E-state index in [2.05, 4.69) is 0 Å². The van der Waals surface area contributed by atoms with Crippen LogP contribution < -0.4 is 0 Å². The van der Waals surface area contributed by atoms with Crippen molar-refractivity contribution in [3.8, 4) is 0 Å². The number of piperidine rings is 1. The fraction of sp³-hybridized carbons (Fsp3) is 0.857. The molecule has 1 atom stereocenters. The summed E-state index contributed by atoms with van der Waals surface area (Å²) >= 11 is 0.